The van der Waals surface area contributed by atoms with E-state index in [0.29, 0.717) is 51.2 Å². The third-order valence-corrected chi connectivity index (χ3v) is 5.68. The number of likely N-dealkylation sites (tertiary alicyclic amines) is 1. The second-order valence-electron chi connectivity index (χ2n) is 7.86. The highest BCUT2D eigenvalue weighted by Crippen LogP contribution is 2.33. The van der Waals surface area contributed by atoms with Crippen LogP contribution in [-0.4, -0.2) is 102 Å². The van der Waals surface area contributed by atoms with E-state index in [1.54, 1.807) is 22.9 Å². The van der Waals surface area contributed by atoms with E-state index >= 15 is 0 Å². The molecule has 0 unspecified atom stereocenters. The molecule has 2 aliphatic heterocycles. The first kappa shape index (κ1) is 20.6. The van der Waals surface area contributed by atoms with Crippen LogP contribution in [0.1, 0.15) is 28.9 Å². The van der Waals surface area contributed by atoms with Crippen LogP contribution in [0.5, 0.6) is 0 Å². The molecule has 9 nitrogen and oxygen atoms in total. The molecular weight excluding hydrogens is 362 g/mol. The van der Waals surface area contributed by atoms with Gasteiger partial charge in [0.1, 0.15) is 5.60 Å². The summed E-state index contributed by atoms with van der Waals surface area (Å²) in [6.07, 6.45) is 2.85. The van der Waals surface area contributed by atoms with E-state index in [2.05, 4.69) is 10.00 Å². The number of nitrogens with zero attached hydrogens (tertiary/aromatic N) is 5. The Morgan fingerprint density at radius 2 is 2.07 bits per heavy atom. The standard InChI is InChI=1S/C19H31N5O4/c1-15-16(13-22(3)20-15)17(25)23-7-5-19(6-8-23)14-24(18(26)28-19)10-9-21(2)11-12-27-4/h13H,5-12,14H2,1-4H3. The van der Waals surface area contributed by atoms with Crippen LogP contribution in [0.4, 0.5) is 4.79 Å². The van der Waals surface area contributed by atoms with Gasteiger partial charge in [-0.3, -0.25) is 9.48 Å². The molecule has 2 fully saturated rings. The SMILES string of the molecule is COCCN(C)CCN1CC2(CCN(C(=O)c3cn(C)nc3C)CC2)OC1=O. The number of piperidine rings is 1. The monoisotopic (exact) mass is 393 g/mol. The number of carbonyl (C=O) groups excluding carboxylic acids is 2. The van der Waals surface area contributed by atoms with E-state index in [9.17, 15) is 9.59 Å². The van der Waals surface area contributed by atoms with Gasteiger partial charge in [-0.25, -0.2) is 4.79 Å². The van der Waals surface area contributed by atoms with Gasteiger partial charge in [0.05, 0.1) is 24.4 Å². The Morgan fingerprint density at radius 1 is 1.36 bits per heavy atom. The van der Waals surface area contributed by atoms with Gasteiger partial charge in [-0.15, -0.1) is 0 Å². The summed E-state index contributed by atoms with van der Waals surface area (Å²) in [6.45, 7) is 6.53. The summed E-state index contributed by atoms with van der Waals surface area (Å²) >= 11 is 0. The summed E-state index contributed by atoms with van der Waals surface area (Å²) < 4.78 is 12.5. The Kier molecular flexibility index (Phi) is 6.24. The molecule has 156 valence electrons. The number of hydrogen-bond acceptors (Lipinski definition) is 6. The van der Waals surface area contributed by atoms with Gasteiger partial charge in [0, 0.05) is 65.9 Å². The summed E-state index contributed by atoms with van der Waals surface area (Å²) in [5, 5.41) is 4.25. The second-order valence-corrected chi connectivity index (χ2v) is 7.86. The zero-order valence-electron chi connectivity index (χ0n) is 17.3. The fourth-order valence-corrected chi connectivity index (χ4v) is 3.87. The average Bonchev–Trinajstić information content (AvgIpc) is 3.16. The van der Waals surface area contributed by atoms with Crippen molar-refractivity contribution in [2.75, 3.05) is 60.0 Å². The number of rotatable bonds is 7. The number of aryl methyl sites for hydroxylation is 2. The summed E-state index contributed by atoms with van der Waals surface area (Å²) in [6, 6.07) is 0. The lowest BCUT2D eigenvalue weighted by Gasteiger charge is -2.37. The van der Waals surface area contributed by atoms with Crippen LogP contribution in [0.25, 0.3) is 0 Å². The van der Waals surface area contributed by atoms with Crippen molar-refractivity contribution in [2.45, 2.75) is 25.4 Å². The van der Waals surface area contributed by atoms with Crippen LogP contribution in [0.2, 0.25) is 0 Å². The zero-order chi connectivity index (χ0) is 20.3. The molecule has 3 rings (SSSR count). The van der Waals surface area contributed by atoms with Gasteiger partial charge in [0.15, 0.2) is 0 Å². The molecule has 28 heavy (non-hydrogen) atoms. The molecule has 3 heterocycles. The summed E-state index contributed by atoms with van der Waals surface area (Å²) in [7, 11) is 5.51. The maximum atomic E-state index is 12.8. The fraction of sp³-hybridized carbons (Fsp3) is 0.737. The highest BCUT2D eigenvalue weighted by Gasteiger charge is 2.47. The molecular formula is C19H31N5O4. The molecule has 2 amide bonds. The summed E-state index contributed by atoms with van der Waals surface area (Å²) in [5.41, 5.74) is 0.912. The molecule has 0 aromatic carbocycles. The van der Waals surface area contributed by atoms with Crippen LogP contribution in [-0.2, 0) is 16.5 Å². The first-order valence-corrected chi connectivity index (χ1v) is 9.78. The Morgan fingerprint density at radius 3 is 2.68 bits per heavy atom. The first-order valence-electron chi connectivity index (χ1n) is 9.78. The minimum atomic E-state index is -0.469. The Labute approximate surface area is 166 Å². The van der Waals surface area contributed by atoms with Gasteiger partial charge in [-0.2, -0.15) is 5.10 Å². The maximum Gasteiger partial charge on any atom is 0.410 e. The molecule has 0 N–H and O–H groups in total. The van der Waals surface area contributed by atoms with E-state index in [0.717, 1.165) is 18.8 Å². The number of ether oxygens (including phenoxy) is 2. The third-order valence-electron chi connectivity index (χ3n) is 5.68. The second kappa shape index (κ2) is 8.48. The number of amides is 2. The molecule has 0 bridgehead atoms. The van der Waals surface area contributed by atoms with Crippen LogP contribution in [0, 0.1) is 6.92 Å². The molecule has 1 aromatic rings. The van der Waals surface area contributed by atoms with E-state index in [1.165, 1.54) is 0 Å². The quantitative estimate of drug-likeness (QED) is 0.680. The minimum Gasteiger partial charge on any atom is -0.441 e. The van der Waals surface area contributed by atoms with Crippen LogP contribution >= 0.6 is 0 Å². The van der Waals surface area contributed by atoms with E-state index in [4.69, 9.17) is 9.47 Å². The minimum absolute atomic E-state index is 0.00129. The van der Waals surface area contributed by atoms with Crippen LogP contribution in [0.3, 0.4) is 0 Å². The average molecular weight is 393 g/mol. The van der Waals surface area contributed by atoms with Gasteiger partial charge in [0.2, 0.25) is 0 Å². The molecule has 1 aromatic heterocycles. The number of carbonyl (C=O) groups is 2. The molecule has 2 saturated heterocycles. The van der Waals surface area contributed by atoms with Gasteiger partial charge in [-0.1, -0.05) is 0 Å². The van der Waals surface area contributed by atoms with Crippen molar-refractivity contribution in [2.24, 2.45) is 7.05 Å². The van der Waals surface area contributed by atoms with E-state index < -0.39 is 5.60 Å². The molecule has 9 heteroatoms. The number of hydrogen-bond donors (Lipinski definition) is 0. The first-order chi connectivity index (χ1) is 13.3. The predicted octanol–water partition coefficient (Wildman–Crippen LogP) is 0.734. The summed E-state index contributed by atoms with van der Waals surface area (Å²) in [5.74, 6) is 0.00129. The molecule has 0 radical (unpaired) electrons. The van der Waals surface area contributed by atoms with Gasteiger partial charge < -0.3 is 24.2 Å². The largest absolute Gasteiger partial charge is 0.441 e. The van der Waals surface area contributed by atoms with Crippen molar-refractivity contribution < 1.29 is 19.1 Å². The number of aromatic nitrogens is 2. The van der Waals surface area contributed by atoms with Gasteiger partial charge in [0.25, 0.3) is 5.91 Å². The third kappa shape index (κ3) is 4.47. The van der Waals surface area contributed by atoms with Crippen molar-refractivity contribution in [1.82, 2.24) is 24.5 Å². The molecule has 0 aliphatic carbocycles. The lowest BCUT2D eigenvalue weighted by Crippen LogP contribution is -2.49. The molecule has 0 saturated carbocycles. The Bertz CT molecular complexity index is 711. The normalized spacial score (nSPS) is 19.0. The van der Waals surface area contributed by atoms with Crippen molar-refractivity contribution >= 4 is 12.0 Å². The number of methoxy groups -OCH3 is 1. The highest BCUT2D eigenvalue weighted by molar-refractivity contribution is 5.95. The fourth-order valence-electron chi connectivity index (χ4n) is 3.87. The maximum absolute atomic E-state index is 12.8. The van der Waals surface area contributed by atoms with Gasteiger partial charge >= 0.3 is 6.09 Å². The van der Waals surface area contributed by atoms with Crippen molar-refractivity contribution in [3.05, 3.63) is 17.5 Å². The van der Waals surface area contributed by atoms with Crippen LogP contribution < -0.4 is 0 Å². The lowest BCUT2D eigenvalue weighted by atomic mass is 9.91. The van der Waals surface area contributed by atoms with Crippen molar-refractivity contribution in [3.63, 3.8) is 0 Å². The predicted molar refractivity (Wildman–Crippen MR) is 103 cm³/mol. The number of likely N-dealkylation sites (N-methyl/N-ethyl adjacent to an activating group) is 1. The molecule has 1 spiro atoms. The van der Waals surface area contributed by atoms with E-state index in [1.807, 2.05) is 25.9 Å². The Balaban J connectivity index is 1.52. The van der Waals surface area contributed by atoms with E-state index in [-0.39, 0.29) is 12.0 Å². The zero-order valence-corrected chi connectivity index (χ0v) is 17.3. The summed E-state index contributed by atoms with van der Waals surface area (Å²) in [4.78, 5) is 30.9. The topological polar surface area (TPSA) is 80.1 Å². The van der Waals surface area contributed by atoms with Crippen molar-refractivity contribution in [3.8, 4) is 0 Å². The molecule has 0 atom stereocenters. The Hall–Kier alpha value is -2.13. The van der Waals surface area contributed by atoms with Crippen molar-refractivity contribution in [1.29, 1.82) is 0 Å². The smallest absolute Gasteiger partial charge is 0.410 e. The highest BCUT2D eigenvalue weighted by atomic mass is 16.6. The van der Waals surface area contributed by atoms with Gasteiger partial charge in [-0.05, 0) is 14.0 Å². The van der Waals surface area contributed by atoms with Crippen LogP contribution in [0.15, 0.2) is 6.20 Å². The lowest BCUT2D eigenvalue weighted by molar-refractivity contribution is 0.00310. The molecule has 2 aliphatic rings.